The van der Waals surface area contributed by atoms with Crippen LogP contribution in [0.3, 0.4) is 0 Å². The second kappa shape index (κ2) is 11.6. The molecule has 2 saturated heterocycles. The molecule has 5 nitrogen and oxygen atoms in total. The van der Waals surface area contributed by atoms with E-state index in [0.29, 0.717) is 18.3 Å². The Morgan fingerprint density at radius 1 is 0.833 bits per heavy atom. The van der Waals surface area contributed by atoms with Crippen LogP contribution in [-0.4, -0.2) is 47.2 Å². The van der Waals surface area contributed by atoms with Gasteiger partial charge in [0, 0.05) is 100.0 Å². The van der Waals surface area contributed by atoms with Crippen LogP contribution in [0.4, 0.5) is 0 Å². The second-order valence-electron chi connectivity index (χ2n) is 7.21. The molecule has 0 aromatic carbocycles. The number of rotatable bonds is 3. The molecule has 2 rings (SSSR count). The summed E-state index contributed by atoms with van der Waals surface area (Å²) in [6, 6.07) is 0. The summed E-state index contributed by atoms with van der Waals surface area (Å²) in [6.45, 7) is 12.4. The number of aliphatic hydroxyl groups excluding tert-OH is 2. The van der Waals surface area contributed by atoms with E-state index in [-0.39, 0.29) is 118 Å². The van der Waals surface area contributed by atoms with E-state index < -0.39 is 18.5 Å². The molecule has 2 aliphatic rings. The fourth-order valence-electron chi connectivity index (χ4n) is 3.49. The van der Waals surface area contributed by atoms with Crippen molar-refractivity contribution in [2.45, 2.75) is 85.0 Å². The predicted molar refractivity (Wildman–Crippen MR) is 83.0 cm³/mol. The minimum absolute atomic E-state index is 0. The van der Waals surface area contributed by atoms with Crippen molar-refractivity contribution in [3.63, 3.8) is 0 Å². The average Bonchev–Trinajstić information content (AvgIpc) is 2.50. The molecule has 2 heterocycles. The molecule has 0 aromatic rings. The molecule has 10 atom stereocenters. The summed E-state index contributed by atoms with van der Waals surface area (Å²) < 4.78 is 17.8. The second-order valence-corrected chi connectivity index (χ2v) is 7.21. The van der Waals surface area contributed by atoms with Gasteiger partial charge in [0.2, 0.25) is 0 Å². The SMILES string of the molecule is CCC1OC(O)C(C)[C@@H](O)[C@H]1O[C@H]1O[C@H](C)[C@@H](C)C(C)C1C.[Ac].[Ac]. The maximum Gasteiger partial charge on any atom is 0.161 e. The van der Waals surface area contributed by atoms with E-state index in [1.54, 1.807) is 6.92 Å². The Bertz CT molecular complexity index is 371. The van der Waals surface area contributed by atoms with Crippen LogP contribution in [0, 0.1) is 112 Å². The van der Waals surface area contributed by atoms with Crippen LogP contribution >= 0.6 is 0 Å². The number of ether oxygens (including phenoxy) is 3. The maximum atomic E-state index is 10.5. The molecule has 2 aliphatic heterocycles. The van der Waals surface area contributed by atoms with Gasteiger partial charge in [-0.15, -0.1) is 0 Å². The van der Waals surface area contributed by atoms with E-state index in [9.17, 15) is 10.2 Å². The Morgan fingerprint density at radius 2 is 1.42 bits per heavy atom. The molecule has 0 spiro atoms. The summed E-state index contributed by atoms with van der Waals surface area (Å²) in [5.74, 6) is 0.835. The summed E-state index contributed by atoms with van der Waals surface area (Å²) in [6.07, 6.45) is -2.03. The largest absolute Gasteiger partial charge is 0.390 e. The monoisotopic (exact) mass is 770 g/mol. The van der Waals surface area contributed by atoms with Gasteiger partial charge in [0.15, 0.2) is 12.6 Å². The van der Waals surface area contributed by atoms with Crippen molar-refractivity contribution < 1.29 is 113 Å². The van der Waals surface area contributed by atoms with Crippen LogP contribution < -0.4 is 0 Å². The van der Waals surface area contributed by atoms with Crippen molar-refractivity contribution in [1.82, 2.24) is 0 Å². The molecular weight excluding hydrogens is 738 g/mol. The van der Waals surface area contributed by atoms with E-state index in [4.69, 9.17) is 14.2 Å². The first-order valence-electron chi connectivity index (χ1n) is 8.60. The van der Waals surface area contributed by atoms with Crippen LogP contribution in [0.25, 0.3) is 0 Å². The van der Waals surface area contributed by atoms with E-state index in [0.717, 1.165) is 0 Å². The topological polar surface area (TPSA) is 68.2 Å². The van der Waals surface area contributed by atoms with Crippen LogP contribution in [0.5, 0.6) is 0 Å². The summed E-state index contributed by atoms with van der Waals surface area (Å²) in [4.78, 5) is 0. The van der Waals surface area contributed by atoms with Gasteiger partial charge in [0.05, 0.1) is 18.3 Å². The molecule has 0 aliphatic carbocycles. The van der Waals surface area contributed by atoms with Crippen molar-refractivity contribution in [2.75, 3.05) is 0 Å². The number of hydrogen-bond acceptors (Lipinski definition) is 5. The van der Waals surface area contributed by atoms with Gasteiger partial charge in [-0.1, -0.05) is 34.6 Å². The number of hydrogen-bond donors (Lipinski definition) is 2. The van der Waals surface area contributed by atoms with E-state index >= 15 is 0 Å². The quantitative estimate of drug-likeness (QED) is 0.461. The summed E-state index contributed by atoms with van der Waals surface area (Å²) in [5.41, 5.74) is 0. The Kier molecular flexibility index (Phi) is 12.9. The van der Waals surface area contributed by atoms with Gasteiger partial charge in [-0.3, -0.25) is 0 Å². The molecule has 2 N–H and O–H groups in total. The zero-order chi connectivity index (χ0) is 16.6. The first-order valence-corrected chi connectivity index (χ1v) is 8.60. The molecular formula is C17H32Ac2O5. The van der Waals surface area contributed by atoms with Gasteiger partial charge in [-0.05, 0) is 25.2 Å². The van der Waals surface area contributed by atoms with Gasteiger partial charge >= 0.3 is 0 Å². The van der Waals surface area contributed by atoms with E-state index in [1.807, 2.05) is 6.92 Å². The van der Waals surface area contributed by atoms with Gasteiger partial charge in [0.1, 0.15) is 6.10 Å². The van der Waals surface area contributed by atoms with Gasteiger partial charge < -0.3 is 24.4 Å². The third-order valence-corrected chi connectivity index (χ3v) is 5.88. The van der Waals surface area contributed by atoms with Crippen molar-refractivity contribution in [1.29, 1.82) is 0 Å². The summed E-state index contributed by atoms with van der Waals surface area (Å²) >= 11 is 0. The van der Waals surface area contributed by atoms with Crippen LogP contribution in [0.15, 0.2) is 0 Å². The van der Waals surface area contributed by atoms with Gasteiger partial charge in [0.25, 0.3) is 0 Å². The summed E-state index contributed by atoms with van der Waals surface area (Å²) in [5, 5.41) is 20.4. The smallest absolute Gasteiger partial charge is 0.161 e. The normalized spacial score (nSPS) is 49.0. The maximum absolute atomic E-state index is 10.5. The Balaban J connectivity index is 0.00000264. The average molecular weight is 770 g/mol. The predicted octanol–water partition coefficient (Wildman–Crippen LogP) is 2.15. The third kappa shape index (κ3) is 5.84. The van der Waals surface area contributed by atoms with E-state index in [1.165, 1.54) is 0 Å². The molecule has 2 fully saturated rings. The van der Waals surface area contributed by atoms with Crippen molar-refractivity contribution in [2.24, 2.45) is 23.7 Å². The molecule has 136 valence electrons. The van der Waals surface area contributed by atoms with Crippen molar-refractivity contribution in [3.8, 4) is 0 Å². The molecule has 0 aromatic heterocycles. The first-order chi connectivity index (χ1) is 10.3. The zero-order valence-electron chi connectivity index (χ0n) is 15.8. The van der Waals surface area contributed by atoms with Crippen molar-refractivity contribution in [3.05, 3.63) is 0 Å². The van der Waals surface area contributed by atoms with Gasteiger partial charge in [-0.25, -0.2) is 0 Å². The minimum Gasteiger partial charge on any atom is -0.390 e. The van der Waals surface area contributed by atoms with Crippen LogP contribution in [-0.2, 0) is 14.2 Å². The Labute approximate surface area is 218 Å². The van der Waals surface area contributed by atoms with Crippen LogP contribution in [0.2, 0.25) is 0 Å². The van der Waals surface area contributed by atoms with E-state index in [2.05, 4.69) is 27.7 Å². The molecule has 0 bridgehead atoms. The molecule has 0 saturated carbocycles. The first kappa shape index (κ1) is 26.7. The van der Waals surface area contributed by atoms with Crippen molar-refractivity contribution >= 4 is 0 Å². The molecule has 24 heavy (non-hydrogen) atoms. The molecule has 2 radical (unpaired) electrons. The molecule has 0 amide bonds. The third-order valence-electron chi connectivity index (χ3n) is 5.88. The molecule has 7 heteroatoms. The fraction of sp³-hybridized carbons (Fsp3) is 1.00. The number of aliphatic hydroxyl groups is 2. The Hall–Kier alpha value is 2.68. The fourth-order valence-corrected chi connectivity index (χ4v) is 3.49. The molecule has 5 unspecified atom stereocenters. The zero-order valence-corrected chi connectivity index (χ0v) is 25.2. The minimum atomic E-state index is -0.942. The standard InChI is InChI=1S/C17H32O5.2Ac/c1-7-13-15(14(18)11(5)16(19)21-13)22-17-10(4)8(2)9(3)12(6)20-17;;/h8-19H,7H2,1-6H3;;/t8?,9-,10?,11?,12+,13?,14+,15-,16?,17+;;/m0../s1. The van der Waals surface area contributed by atoms with Gasteiger partial charge in [-0.2, -0.15) is 0 Å². The Morgan fingerprint density at radius 3 is 1.96 bits per heavy atom. The summed E-state index contributed by atoms with van der Waals surface area (Å²) in [7, 11) is 0. The van der Waals surface area contributed by atoms with Crippen LogP contribution in [0.1, 0.15) is 48.0 Å².